The molecule has 2 amide bonds. The van der Waals surface area contributed by atoms with E-state index in [-0.39, 0.29) is 36.3 Å². The normalized spacial score (nSPS) is 29.7. The van der Waals surface area contributed by atoms with Crippen LogP contribution in [0.3, 0.4) is 0 Å². The van der Waals surface area contributed by atoms with Crippen molar-refractivity contribution in [1.82, 2.24) is 4.90 Å². The van der Waals surface area contributed by atoms with Gasteiger partial charge in [-0.1, -0.05) is 48.0 Å². The van der Waals surface area contributed by atoms with Crippen LogP contribution in [-0.4, -0.2) is 53.8 Å². The second kappa shape index (κ2) is 8.07. The summed E-state index contributed by atoms with van der Waals surface area (Å²) in [6.45, 7) is 2.92. The molecule has 0 aromatic heterocycles. The summed E-state index contributed by atoms with van der Waals surface area (Å²) < 4.78 is 5.71. The summed E-state index contributed by atoms with van der Waals surface area (Å²) in [6.07, 6.45) is 3.66. The van der Waals surface area contributed by atoms with Crippen LogP contribution >= 0.6 is 11.6 Å². The van der Waals surface area contributed by atoms with Gasteiger partial charge < -0.3 is 9.64 Å². The molecule has 2 aromatic rings. The van der Waals surface area contributed by atoms with E-state index < -0.39 is 17.9 Å². The molecule has 0 aliphatic carbocycles. The van der Waals surface area contributed by atoms with Gasteiger partial charge >= 0.3 is 0 Å². The molecule has 5 atom stereocenters. The molecule has 3 fully saturated rings. The number of likely N-dealkylation sites (tertiary alicyclic amines) is 1. The maximum absolute atomic E-state index is 14.0. The molecule has 0 spiro atoms. The highest BCUT2D eigenvalue weighted by atomic mass is 35.5. The van der Waals surface area contributed by atoms with Crippen LogP contribution < -0.4 is 4.90 Å². The van der Waals surface area contributed by atoms with Crippen LogP contribution in [0.1, 0.15) is 35.7 Å². The van der Waals surface area contributed by atoms with Crippen LogP contribution in [0.15, 0.2) is 54.6 Å². The Bertz CT molecular complexity index is 1230. The van der Waals surface area contributed by atoms with E-state index in [1.165, 1.54) is 4.90 Å². The summed E-state index contributed by atoms with van der Waals surface area (Å²) in [5.74, 6) is -2.11. The Morgan fingerprint density at radius 3 is 2.56 bits per heavy atom. The predicted octanol–water partition coefficient (Wildman–Crippen LogP) is 3.98. The molecule has 6 nitrogen and oxygen atoms in total. The van der Waals surface area contributed by atoms with Gasteiger partial charge in [-0.05, 0) is 43.5 Å². The summed E-state index contributed by atoms with van der Waals surface area (Å²) in [6, 6.07) is 13.6. The lowest BCUT2D eigenvalue weighted by atomic mass is 9.85. The first-order chi connectivity index (χ1) is 16.5. The second-order valence-corrected chi connectivity index (χ2v) is 9.93. The Morgan fingerprint density at radius 1 is 1.06 bits per heavy atom. The SMILES string of the molecule is CC1=C[C@H]2[C@@H]3C(=O)N(C[C@@H]4CCCO4)C(=O)[C@H]3[C@@H](C(=O)c3ccccc3Cl)N2c2ccccc21. The lowest BCUT2D eigenvalue weighted by molar-refractivity contribution is -0.142. The van der Waals surface area contributed by atoms with Crippen LogP contribution in [0.4, 0.5) is 5.69 Å². The number of imide groups is 1. The van der Waals surface area contributed by atoms with Gasteiger partial charge in [0.05, 0.1) is 35.5 Å². The molecule has 0 bridgehead atoms. The molecule has 34 heavy (non-hydrogen) atoms. The standard InChI is InChI=1S/C27H25ClN2O4/c1-15-13-21-22-23(27(33)29(26(22)32)14-16-7-6-12-34-16)24(25(31)18-9-2-4-10-19(18)28)30(21)20-11-5-3-8-17(15)20/h2-5,8-11,13,16,21-24H,6-7,12,14H2,1H3/t16-,21-,22-,23+,24-/m0/s1. The molecular formula is C27H25ClN2O4. The molecule has 4 heterocycles. The molecule has 4 aliphatic heterocycles. The van der Waals surface area contributed by atoms with Crippen molar-refractivity contribution in [3.8, 4) is 0 Å². The van der Waals surface area contributed by atoms with Crippen molar-refractivity contribution in [1.29, 1.82) is 0 Å². The molecular weight excluding hydrogens is 452 g/mol. The van der Waals surface area contributed by atoms with Crippen LogP contribution in [-0.2, 0) is 14.3 Å². The van der Waals surface area contributed by atoms with Crippen molar-refractivity contribution in [2.75, 3.05) is 18.1 Å². The zero-order valence-electron chi connectivity index (χ0n) is 18.8. The van der Waals surface area contributed by atoms with Crippen LogP contribution in [0, 0.1) is 11.8 Å². The zero-order valence-corrected chi connectivity index (χ0v) is 19.6. The van der Waals surface area contributed by atoms with E-state index in [9.17, 15) is 14.4 Å². The van der Waals surface area contributed by atoms with E-state index in [1.807, 2.05) is 42.2 Å². The smallest absolute Gasteiger partial charge is 0.235 e. The molecule has 3 saturated heterocycles. The number of nitrogens with zero attached hydrogens (tertiary/aromatic N) is 2. The summed E-state index contributed by atoms with van der Waals surface area (Å²) in [5.41, 5.74) is 3.29. The number of allylic oxidation sites excluding steroid dienone is 1. The number of ether oxygens (including phenoxy) is 1. The van der Waals surface area contributed by atoms with Gasteiger partial charge in [0.15, 0.2) is 5.78 Å². The molecule has 2 aromatic carbocycles. The number of hydrogen-bond donors (Lipinski definition) is 0. The van der Waals surface area contributed by atoms with Crippen molar-refractivity contribution in [3.63, 3.8) is 0 Å². The maximum Gasteiger partial charge on any atom is 0.235 e. The van der Waals surface area contributed by atoms with Gasteiger partial charge in [0.1, 0.15) is 6.04 Å². The van der Waals surface area contributed by atoms with Gasteiger partial charge in [-0.3, -0.25) is 19.3 Å². The summed E-state index contributed by atoms with van der Waals surface area (Å²) in [5, 5.41) is 0.345. The molecule has 0 unspecified atom stereocenters. The summed E-state index contributed by atoms with van der Waals surface area (Å²) >= 11 is 6.42. The van der Waals surface area contributed by atoms with Crippen molar-refractivity contribution in [2.45, 2.75) is 38.0 Å². The third-order valence-corrected chi connectivity index (χ3v) is 7.99. The van der Waals surface area contributed by atoms with Crippen LogP contribution in [0.5, 0.6) is 0 Å². The number of amides is 2. The number of carbonyl (C=O) groups is 3. The average Bonchev–Trinajstić information content (AvgIpc) is 3.53. The van der Waals surface area contributed by atoms with Crippen molar-refractivity contribution in [3.05, 3.63) is 70.8 Å². The van der Waals surface area contributed by atoms with E-state index in [2.05, 4.69) is 0 Å². The van der Waals surface area contributed by atoms with Gasteiger partial charge in [0.2, 0.25) is 11.8 Å². The lowest BCUT2D eigenvalue weighted by Gasteiger charge is -2.38. The number of fused-ring (bicyclic) bond motifs is 5. The van der Waals surface area contributed by atoms with Gasteiger partial charge in [-0.2, -0.15) is 0 Å². The summed E-state index contributed by atoms with van der Waals surface area (Å²) in [4.78, 5) is 44.8. The molecule has 7 heteroatoms. The molecule has 4 aliphatic rings. The number of ketones is 1. The minimum Gasteiger partial charge on any atom is -0.376 e. The zero-order chi connectivity index (χ0) is 23.6. The predicted molar refractivity (Wildman–Crippen MR) is 129 cm³/mol. The fraction of sp³-hybridized carbons (Fsp3) is 0.370. The minimum absolute atomic E-state index is 0.134. The first-order valence-corrected chi connectivity index (χ1v) is 12.2. The Hall–Kier alpha value is -2.96. The van der Waals surface area contributed by atoms with E-state index in [0.717, 1.165) is 29.7 Å². The summed E-state index contributed by atoms with van der Waals surface area (Å²) in [7, 11) is 0. The quantitative estimate of drug-likeness (QED) is 0.493. The number of carbonyl (C=O) groups excluding carboxylic acids is 3. The molecule has 0 saturated carbocycles. The van der Waals surface area contributed by atoms with E-state index in [0.29, 0.717) is 17.2 Å². The number of Topliss-reactive ketones (excluding diaryl/α,β-unsaturated/α-hetero) is 1. The Kier molecular flexibility index (Phi) is 5.12. The monoisotopic (exact) mass is 476 g/mol. The van der Waals surface area contributed by atoms with Crippen molar-refractivity contribution in [2.24, 2.45) is 11.8 Å². The second-order valence-electron chi connectivity index (χ2n) is 9.53. The van der Waals surface area contributed by atoms with Gasteiger partial charge in [0, 0.05) is 23.4 Å². The Labute approximate surface area is 203 Å². The third kappa shape index (κ3) is 3.08. The first-order valence-electron chi connectivity index (χ1n) is 11.8. The highest BCUT2D eigenvalue weighted by Gasteiger charge is 2.64. The maximum atomic E-state index is 14.0. The fourth-order valence-corrected chi connectivity index (χ4v) is 6.38. The Balaban J connectivity index is 1.47. The largest absolute Gasteiger partial charge is 0.376 e. The van der Waals surface area contributed by atoms with Gasteiger partial charge in [0.25, 0.3) is 0 Å². The van der Waals surface area contributed by atoms with E-state index in [1.54, 1.807) is 24.3 Å². The highest BCUT2D eigenvalue weighted by Crippen LogP contribution is 2.50. The molecule has 6 rings (SSSR count). The van der Waals surface area contributed by atoms with Crippen LogP contribution in [0.2, 0.25) is 5.02 Å². The highest BCUT2D eigenvalue weighted by molar-refractivity contribution is 6.34. The number of para-hydroxylation sites is 1. The number of benzene rings is 2. The third-order valence-electron chi connectivity index (χ3n) is 7.66. The molecule has 0 radical (unpaired) electrons. The number of rotatable bonds is 4. The Morgan fingerprint density at radius 2 is 1.79 bits per heavy atom. The van der Waals surface area contributed by atoms with Crippen LogP contribution in [0.25, 0.3) is 5.57 Å². The molecule has 174 valence electrons. The topological polar surface area (TPSA) is 66.9 Å². The minimum atomic E-state index is -0.814. The van der Waals surface area contributed by atoms with Crippen molar-refractivity contribution >= 4 is 40.5 Å². The number of anilines is 1. The van der Waals surface area contributed by atoms with Gasteiger partial charge in [-0.25, -0.2) is 0 Å². The first kappa shape index (κ1) is 21.6. The van der Waals surface area contributed by atoms with Crippen molar-refractivity contribution < 1.29 is 19.1 Å². The molecule has 0 N–H and O–H groups in total. The van der Waals surface area contributed by atoms with E-state index >= 15 is 0 Å². The number of hydrogen-bond acceptors (Lipinski definition) is 5. The lowest BCUT2D eigenvalue weighted by Crippen LogP contribution is -2.50. The fourth-order valence-electron chi connectivity index (χ4n) is 6.15. The van der Waals surface area contributed by atoms with Gasteiger partial charge in [-0.15, -0.1) is 0 Å². The number of halogens is 1. The average molecular weight is 477 g/mol. The van der Waals surface area contributed by atoms with E-state index in [4.69, 9.17) is 16.3 Å².